The first-order chi connectivity index (χ1) is 70.8. The van der Waals surface area contributed by atoms with E-state index in [1.807, 2.05) is 143 Å². The van der Waals surface area contributed by atoms with Gasteiger partial charge in [-0.05, 0) is 209 Å². The molecule has 1 aliphatic rings. The quantitative estimate of drug-likeness (QED) is 0.00830. The molecule has 0 aliphatic carbocycles. The van der Waals surface area contributed by atoms with Gasteiger partial charge >= 0.3 is 69.7 Å². The SMILES string of the molecule is CC(C)(c1cc(CO)c(O)c(CO)c1)c1cc(CO)c(O)c(CO)c1.COC(C)c1cc(CO)c(O)c(CO)c1.COCc1cc(C)cc(Cc2cc(C)cc(COC)c2O)c1O.COc1ccc(/C(C#N)=N/OS(=O)(=O)c2ccc(C)cc2)cc1.Cc1cc(CO)c(O)c(CO)c1.Cc1cc(CO)c(O)c(Cc2cc(C)cc(CO)c2O)c1.Cc1ccc(S(=O)(=O)O/N=C2C=C/C(=C(\C#N)c3ccccc3C)S\2)cc1.[I][V][I]. The van der Waals surface area contributed by atoms with Gasteiger partial charge in [-0.1, -0.05) is 184 Å². The fraction of sp³-hybridized carbons (Fsp3) is 0.279. The predicted molar refractivity (Wildman–Crippen MR) is 582 cm³/mol. The van der Waals surface area contributed by atoms with Crippen LogP contribution in [-0.2, 0) is 150 Å². The van der Waals surface area contributed by atoms with Gasteiger partial charge in [-0.15, -0.1) is 0 Å². The van der Waals surface area contributed by atoms with Crippen LogP contribution < -0.4 is 4.74 Å². The van der Waals surface area contributed by atoms with Gasteiger partial charge in [-0.25, -0.2) is 0 Å². The van der Waals surface area contributed by atoms with Crippen LogP contribution >= 0.6 is 51.7 Å². The van der Waals surface area contributed by atoms with Crippen molar-refractivity contribution in [3.05, 3.63) is 373 Å². The molecule has 18 N–H and O–H groups in total. The maximum absolute atomic E-state index is 12.2. The summed E-state index contributed by atoms with van der Waals surface area (Å²) >= 11 is 5.93. The summed E-state index contributed by atoms with van der Waals surface area (Å²) < 4.78 is 78.4. The molecule has 1 heterocycles. The van der Waals surface area contributed by atoms with E-state index in [0.29, 0.717) is 129 Å². The van der Waals surface area contributed by atoms with E-state index in [9.17, 15) is 93.6 Å². The number of benzene rings is 12. The third-order valence-electron chi connectivity index (χ3n) is 23.1. The molecule has 0 saturated heterocycles. The Morgan fingerprint density at radius 3 is 1.01 bits per heavy atom. The van der Waals surface area contributed by atoms with Crippen LogP contribution in [-0.4, -0.2) is 148 Å². The number of thioether (sulfide) groups is 1. The van der Waals surface area contributed by atoms with Crippen molar-refractivity contribution in [3.8, 4) is 63.9 Å². The third-order valence-corrected chi connectivity index (χ3v) is 26.3. The molecular weight excluding hydrogens is 2240 g/mol. The van der Waals surface area contributed by atoms with Crippen LogP contribution in [0.3, 0.4) is 0 Å². The Bertz CT molecular complexity index is 6720. The number of halogens is 2. The van der Waals surface area contributed by atoms with E-state index in [1.54, 1.807) is 143 Å². The second-order valence-electron chi connectivity index (χ2n) is 34.5. The van der Waals surface area contributed by atoms with Crippen molar-refractivity contribution in [2.75, 3.05) is 28.4 Å². The number of aryl methyl sites for hydroxylation is 8. The number of methoxy groups -OCH3 is 4. The van der Waals surface area contributed by atoms with Crippen LogP contribution in [0.25, 0.3) is 5.57 Å². The molecule has 12 aromatic carbocycles. The van der Waals surface area contributed by atoms with Crippen LogP contribution in [0.5, 0.6) is 51.7 Å². The number of nitrogens with zero attached hydrogens (tertiary/aromatic N) is 4. The average Bonchev–Trinajstić information content (AvgIpc) is 0.865. The van der Waals surface area contributed by atoms with Gasteiger partial charge in [0, 0.05) is 117 Å². The minimum absolute atomic E-state index is 0.00870. The first-order valence-corrected chi connectivity index (χ1v) is 58.4. The zero-order chi connectivity index (χ0) is 111. The third kappa shape index (κ3) is 36.1. The van der Waals surface area contributed by atoms with E-state index in [1.165, 1.54) is 43.1 Å². The van der Waals surface area contributed by atoms with Crippen molar-refractivity contribution in [2.45, 2.75) is 190 Å². The first-order valence-electron chi connectivity index (χ1n) is 45.7. The number of aromatic hydroxyl groups is 8. The topological polar surface area (TPSA) is 560 Å². The van der Waals surface area contributed by atoms with E-state index in [0.717, 1.165) is 89.0 Å². The summed E-state index contributed by atoms with van der Waals surface area (Å²) in [6, 6.07) is 58.6. The van der Waals surface area contributed by atoms with E-state index < -0.39 is 25.7 Å². The molecule has 12 aromatic rings. The second-order valence-corrected chi connectivity index (χ2v) is 50.4. The molecule has 13 rings (SSSR count). The van der Waals surface area contributed by atoms with Crippen molar-refractivity contribution < 1.29 is 146 Å². The summed E-state index contributed by atoms with van der Waals surface area (Å²) in [5, 5.41) is 199. The standard InChI is InChI=1S/C20H16N2O3S2.C19H24O6.C19H24O4.C17H20O4.C16H14N2O4S.C11H16O4.C9H12O3.2HI.V/c1-14-7-9-16(10-8-14)27(23,24)25-22-20-12-11-19(26-20)18(13-21)17-6-4-3-5-15(17)2;1-19(2,15-3-11(7-20)17(24)12(4-15)8-21)16-5-13(9-22)18(25)14(6-16)10-23;1-12-5-14(18(20)16(7-12)10-22-3)9-15-6-13(2)8-17(11-23-4)19(15)21;1-10-3-12(16(20)14(5-10)8-18)7-13-4-11(2)6-15(9-19)17(13)21;1-12-3-9-15(10-4-12)23(19,20)22-18-16(11-17)13-5-7-14(21-2)8-6-13;1-7(15-2)8-3-9(5-12)11(14)10(4-8)6-13;1-6-2-7(4-10)9(12)8(3-6)5-11;;;/h3-12H,1-2H3;3-6,20-25H,7-10H2,1-2H3;5-8,20-21H,9-11H2,1-4H3;3-6,18-21H,7-9H2,1-2H3;3-10H,1-2H3;3-4,7,12-14H,5-6H2,1-2H3;2-3,10-12H,4-5H2,1H3;2*1H;/q;;;;;;;;;+2/p-2/b19-18-,22-20+;;;;18-16+;;;;;. The minimum atomic E-state index is -4.07. The van der Waals surface area contributed by atoms with Crippen LogP contribution in [0, 0.1) is 78.1 Å². The van der Waals surface area contributed by atoms with Crippen molar-refractivity contribution in [2.24, 2.45) is 10.3 Å². The van der Waals surface area contributed by atoms with Crippen molar-refractivity contribution in [1.82, 2.24) is 0 Å². The fourth-order valence-corrected chi connectivity index (χ4v) is 17.4. The van der Waals surface area contributed by atoms with Gasteiger partial charge in [0.25, 0.3) is 0 Å². The fourth-order valence-electron chi connectivity index (χ4n) is 15.1. The van der Waals surface area contributed by atoms with E-state index in [-0.39, 0.29) is 134 Å². The Labute approximate surface area is 901 Å². The average molecular weight is 2370 g/mol. The molecule has 0 radical (unpaired) electrons. The van der Waals surface area contributed by atoms with Gasteiger partial charge in [-0.2, -0.15) is 27.4 Å². The van der Waals surface area contributed by atoms with E-state index in [4.69, 9.17) is 48.9 Å². The monoisotopic (exact) mass is 2360 g/mol. The Kier molecular flexibility index (Phi) is 51.8. The normalized spacial score (nSPS) is 12.3. The molecule has 32 nitrogen and oxygen atoms in total. The summed E-state index contributed by atoms with van der Waals surface area (Å²) in [4.78, 5) is 0.707. The number of oxime groups is 2. The Morgan fingerprint density at radius 2 is 0.698 bits per heavy atom. The molecule has 0 saturated carbocycles. The number of aliphatic hydroxyl groups excluding tert-OH is 10. The number of rotatable bonds is 31. The molecule has 38 heteroatoms. The summed E-state index contributed by atoms with van der Waals surface area (Å²) in [6.07, 6.45) is 4.01. The number of phenols is 8. The Balaban J connectivity index is 0.000000267. The van der Waals surface area contributed by atoms with Crippen molar-refractivity contribution in [3.63, 3.8) is 0 Å². The number of hydrogen-bond donors (Lipinski definition) is 18. The zero-order valence-electron chi connectivity index (χ0n) is 85.0. The second kappa shape index (κ2) is 61.4. The van der Waals surface area contributed by atoms with Crippen LogP contribution in [0.2, 0.25) is 0 Å². The maximum atomic E-state index is 12.2. The Morgan fingerprint density at radius 1 is 0.396 bits per heavy atom. The summed E-state index contributed by atoms with van der Waals surface area (Å²) in [5.41, 5.74) is 19.2. The Hall–Kier alpha value is -12.0. The van der Waals surface area contributed by atoms with Crippen LogP contribution in [0.15, 0.2) is 231 Å². The molecule has 0 spiro atoms. The summed E-state index contributed by atoms with van der Waals surface area (Å²) in [5.74, 6) is 0.837. The van der Waals surface area contributed by atoms with Gasteiger partial charge in [0.15, 0.2) is 5.71 Å². The number of nitriles is 2. The van der Waals surface area contributed by atoms with Crippen LogP contribution in [0.4, 0.5) is 0 Å². The molecule has 1 atom stereocenters. The molecule has 0 amide bonds. The molecule has 1 aliphatic heterocycles. The first kappa shape index (κ1) is 126. The van der Waals surface area contributed by atoms with Gasteiger partial charge in [-0.3, -0.25) is 8.57 Å². The van der Waals surface area contributed by atoms with Crippen LogP contribution in [0.1, 0.15) is 188 Å². The molecule has 149 heavy (non-hydrogen) atoms. The number of hydrogen-bond acceptors (Lipinski definition) is 33. The molecular formula is C111H126I2N4O28S3V. The molecule has 0 bridgehead atoms. The predicted octanol–water partition coefficient (Wildman–Crippen LogP) is 18.0. The molecule has 0 fully saturated rings. The molecule has 0 aromatic heterocycles. The number of allylic oxidation sites excluding steroid dienone is 2. The van der Waals surface area contributed by atoms with E-state index >= 15 is 0 Å². The number of ether oxygens (including phenoxy) is 4. The number of aliphatic hydroxyl groups is 10. The van der Waals surface area contributed by atoms with Gasteiger partial charge < -0.3 is 111 Å². The summed E-state index contributed by atoms with van der Waals surface area (Å²) in [6.45, 7) is 18.7. The van der Waals surface area contributed by atoms with Gasteiger partial charge in [0.1, 0.15) is 78.7 Å². The van der Waals surface area contributed by atoms with Gasteiger partial charge in [0.2, 0.25) is 0 Å². The molecule has 1 unspecified atom stereocenters. The zero-order valence-corrected chi connectivity index (χ0v) is 93.1. The van der Waals surface area contributed by atoms with Crippen molar-refractivity contribution >= 4 is 88.3 Å². The summed E-state index contributed by atoms with van der Waals surface area (Å²) in [7, 11) is -1.12. The molecule has 795 valence electrons. The number of phenolic OH excluding ortho intramolecular Hbond substituents is 2. The van der Waals surface area contributed by atoms with Gasteiger partial charge in [0.05, 0.1) is 98.1 Å². The van der Waals surface area contributed by atoms with Crippen molar-refractivity contribution in [1.29, 1.82) is 10.5 Å². The van der Waals surface area contributed by atoms with E-state index in [2.05, 4.69) is 60.6 Å².